The van der Waals surface area contributed by atoms with Crippen LogP contribution in [0.1, 0.15) is 39.0 Å². The van der Waals surface area contributed by atoms with Gasteiger partial charge in [-0.05, 0) is 38.9 Å². The van der Waals surface area contributed by atoms with Crippen molar-refractivity contribution in [2.45, 2.75) is 51.1 Å². The molecule has 4 amide bonds. The van der Waals surface area contributed by atoms with Gasteiger partial charge in [0.25, 0.3) is 0 Å². The quantitative estimate of drug-likeness (QED) is 0.662. The minimum Gasteiger partial charge on any atom is -0.497 e. The van der Waals surface area contributed by atoms with Crippen molar-refractivity contribution < 1.29 is 19.1 Å². The van der Waals surface area contributed by atoms with Crippen LogP contribution in [0.5, 0.6) is 5.75 Å². The summed E-state index contributed by atoms with van der Waals surface area (Å²) >= 11 is 0. The number of imide groups is 1. The Bertz CT molecular complexity index is 689. The van der Waals surface area contributed by atoms with Gasteiger partial charge >= 0.3 is 6.03 Å². The van der Waals surface area contributed by atoms with E-state index in [0.717, 1.165) is 25.7 Å². The van der Waals surface area contributed by atoms with Crippen LogP contribution in [0, 0.1) is 0 Å². The van der Waals surface area contributed by atoms with Crippen molar-refractivity contribution in [2.75, 3.05) is 26.0 Å². The molecule has 0 aromatic heterocycles. The lowest BCUT2D eigenvalue weighted by molar-refractivity contribution is -0.125. The van der Waals surface area contributed by atoms with E-state index < -0.39 is 18.0 Å². The van der Waals surface area contributed by atoms with Crippen molar-refractivity contribution in [3.63, 3.8) is 0 Å². The van der Waals surface area contributed by atoms with Gasteiger partial charge in [0.15, 0.2) is 0 Å². The first-order valence-electron chi connectivity index (χ1n) is 9.64. The smallest absolute Gasteiger partial charge is 0.321 e. The maximum Gasteiger partial charge on any atom is 0.321 e. The Balaban J connectivity index is 1.78. The second-order valence-corrected chi connectivity index (χ2v) is 7.17. The third kappa shape index (κ3) is 6.84. The highest BCUT2D eigenvalue weighted by atomic mass is 16.5. The molecule has 1 saturated carbocycles. The van der Waals surface area contributed by atoms with E-state index in [2.05, 4.69) is 16.0 Å². The highest BCUT2D eigenvalue weighted by molar-refractivity contribution is 5.97. The second kappa shape index (κ2) is 10.7. The zero-order valence-electron chi connectivity index (χ0n) is 16.8. The van der Waals surface area contributed by atoms with Crippen molar-refractivity contribution in [1.82, 2.24) is 15.5 Å². The van der Waals surface area contributed by atoms with Crippen LogP contribution < -0.4 is 20.7 Å². The number of likely N-dealkylation sites (N-methyl/N-ethyl adjacent to an activating group) is 1. The van der Waals surface area contributed by atoms with Gasteiger partial charge in [0.2, 0.25) is 11.8 Å². The molecule has 0 aliphatic heterocycles. The number of rotatable bonds is 7. The molecule has 0 heterocycles. The van der Waals surface area contributed by atoms with Crippen LogP contribution in [0.15, 0.2) is 24.3 Å². The fourth-order valence-electron chi connectivity index (χ4n) is 3.15. The molecular formula is C20H30N4O4. The third-order valence-corrected chi connectivity index (χ3v) is 4.96. The number of benzene rings is 1. The van der Waals surface area contributed by atoms with E-state index in [9.17, 15) is 14.4 Å². The van der Waals surface area contributed by atoms with Crippen molar-refractivity contribution in [3.05, 3.63) is 24.3 Å². The van der Waals surface area contributed by atoms with E-state index in [4.69, 9.17) is 4.74 Å². The lowest BCUT2D eigenvalue weighted by Gasteiger charge is -2.25. The number of ether oxygens (including phenoxy) is 1. The summed E-state index contributed by atoms with van der Waals surface area (Å²) in [6, 6.07) is 6.05. The van der Waals surface area contributed by atoms with E-state index in [0.29, 0.717) is 11.4 Å². The van der Waals surface area contributed by atoms with Gasteiger partial charge in [-0.2, -0.15) is 0 Å². The highest BCUT2D eigenvalue weighted by Gasteiger charge is 2.23. The van der Waals surface area contributed by atoms with Gasteiger partial charge < -0.3 is 15.4 Å². The van der Waals surface area contributed by atoms with Crippen molar-refractivity contribution in [1.29, 1.82) is 0 Å². The number of nitrogens with zero attached hydrogens (tertiary/aromatic N) is 1. The Labute approximate surface area is 166 Å². The van der Waals surface area contributed by atoms with Crippen LogP contribution in [0.2, 0.25) is 0 Å². The lowest BCUT2D eigenvalue weighted by Crippen LogP contribution is -2.51. The predicted octanol–water partition coefficient (Wildman–Crippen LogP) is 2.11. The number of anilines is 1. The summed E-state index contributed by atoms with van der Waals surface area (Å²) in [5, 5.41) is 7.98. The number of amides is 4. The van der Waals surface area contributed by atoms with Crippen LogP contribution in [0.25, 0.3) is 0 Å². The molecule has 8 heteroatoms. The Morgan fingerprint density at radius 1 is 1.21 bits per heavy atom. The van der Waals surface area contributed by atoms with Gasteiger partial charge in [-0.3, -0.25) is 19.8 Å². The number of carbonyl (C=O) groups is 3. The molecule has 1 fully saturated rings. The number of nitrogens with one attached hydrogen (secondary N) is 3. The van der Waals surface area contributed by atoms with Crippen molar-refractivity contribution in [3.8, 4) is 5.75 Å². The van der Waals surface area contributed by atoms with Gasteiger partial charge in [0, 0.05) is 17.8 Å². The van der Waals surface area contributed by atoms with Gasteiger partial charge in [0.05, 0.1) is 19.7 Å². The Kier molecular flexibility index (Phi) is 8.25. The number of hydrogen-bond donors (Lipinski definition) is 3. The van der Waals surface area contributed by atoms with Crippen molar-refractivity contribution in [2.24, 2.45) is 0 Å². The normalized spacial score (nSPS) is 15.6. The monoisotopic (exact) mass is 390 g/mol. The largest absolute Gasteiger partial charge is 0.497 e. The summed E-state index contributed by atoms with van der Waals surface area (Å²) in [6.45, 7) is 1.66. The molecule has 1 aliphatic carbocycles. The molecule has 154 valence electrons. The van der Waals surface area contributed by atoms with Crippen LogP contribution in [0.4, 0.5) is 10.5 Å². The molecule has 3 N–H and O–H groups in total. The number of hydrogen-bond acceptors (Lipinski definition) is 5. The first-order valence-corrected chi connectivity index (χ1v) is 9.64. The van der Waals surface area contributed by atoms with Crippen molar-refractivity contribution >= 4 is 23.5 Å². The summed E-state index contributed by atoms with van der Waals surface area (Å²) in [7, 11) is 3.22. The first kappa shape index (κ1) is 21.7. The molecule has 1 aromatic rings. The molecule has 8 nitrogen and oxygen atoms in total. The fourth-order valence-corrected chi connectivity index (χ4v) is 3.15. The van der Waals surface area contributed by atoms with E-state index in [-0.39, 0.29) is 18.5 Å². The molecule has 1 aliphatic rings. The summed E-state index contributed by atoms with van der Waals surface area (Å²) in [4.78, 5) is 38.1. The minimum atomic E-state index is -0.631. The van der Waals surface area contributed by atoms with E-state index >= 15 is 0 Å². The molecule has 0 radical (unpaired) electrons. The third-order valence-electron chi connectivity index (χ3n) is 4.96. The number of methoxy groups -OCH3 is 1. The Morgan fingerprint density at radius 2 is 1.93 bits per heavy atom. The van der Waals surface area contributed by atoms with Gasteiger partial charge in [-0.15, -0.1) is 0 Å². The van der Waals surface area contributed by atoms with Crippen LogP contribution in [-0.2, 0) is 9.59 Å². The number of carbonyl (C=O) groups excluding carboxylic acids is 3. The maximum absolute atomic E-state index is 12.3. The fraction of sp³-hybridized carbons (Fsp3) is 0.550. The standard InChI is InChI=1S/C20H30N4O4/c1-14(19(26)23-20(27)22-15-8-5-4-6-9-15)24(2)13-18(25)21-16-10-7-11-17(12-16)28-3/h7,10-12,14-15H,4-6,8-9,13H2,1-3H3,(H,21,25)(H2,22,23,26,27)/t14-/m0/s1. The summed E-state index contributed by atoms with van der Waals surface area (Å²) in [6.07, 6.45) is 5.28. The van der Waals surface area contributed by atoms with Gasteiger partial charge in [-0.25, -0.2) is 4.79 Å². The Morgan fingerprint density at radius 3 is 2.61 bits per heavy atom. The Hall–Kier alpha value is -2.61. The van der Waals surface area contributed by atoms with E-state index in [1.54, 1.807) is 50.2 Å². The van der Waals surface area contributed by atoms with E-state index in [1.807, 2.05) is 0 Å². The van der Waals surface area contributed by atoms with Crippen LogP contribution in [-0.4, -0.2) is 55.5 Å². The highest BCUT2D eigenvalue weighted by Crippen LogP contribution is 2.17. The zero-order valence-corrected chi connectivity index (χ0v) is 16.8. The summed E-state index contributed by atoms with van der Waals surface area (Å²) in [5.41, 5.74) is 0.613. The molecule has 0 bridgehead atoms. The van der Waals surface area contributed by atoms with Gasteiger partial charge in [0.1, 0.15) is 5.75 Å². The molecule has 1 atom stereocenters. The molecule has 0 saturated heterocycles. The summed E-state index contributed by atoms with van der Waals surface area (Å²) < 4.78 is 5.13. The number of urea groups is 1. The lowest BCUT2D eigenvalue weighted by atomic mass is 9.96. The van der Waals surface area contributed by atoms with E-state index in [1.165, 1.54) is 6.42 Å². The molecule has 1 aromatic carbocycles. The molecule has 0 spiro atoms. The second-order valence-electron chi connectivity index (χ2n) is 7.17. The average molecular weight is 390 g/mol. The van der Waals surface area contributed by atoms with Crippen LogP contribution >= 0.6 is 0 Å². The average Bonchev–Trinajstić information content (AvgIpc) is 2.67. The van der Waals surface area contributed by atoms with Gasteiger partial charge in [-0.1, -0.05) is 25.3 Å². The first-order chi connectivity index (χ1) is 13.4. The molecule has 0 unspecified atom stereocenters. The predicted molar refractivity (Wildman–Crippen MR) is 107 cm³/mol. The van der Waals surface area contributed by atoms with Crippen LogP contribution in [0.3, 0.4) is 0 Å². The molecular weight excluding hydrogens is 360 g/mol. The molecule has 28 heavy (non-hydrogen) atoms. The minimum absolute atomic E-state index is 0.00996. The summed E-state index contributed by atoms with van der Waals surface area (Å²) in [5.74, 6) is -0.0603. The molecule has 2 rings (SSSR count). The SMILES string of the molecule is COc1cccc(NC(=O)CN(C)[C@@H](C)C(=O)NC(=O)NC2CCCCC2)c1. The topological polar surface area (TPSA) is 99.8 Å². The zero-order chi connectivity index (χ0) is 20.5. The maximum atomic E-state index is 12.3.